The Labute approximate surface area is 224 Å². The maximum absolute atomic E-state index is 13.1. The average molecular weight is 519 g/mol. The lowest BCUT2D eigenvalue weighted by Crippen LogP contribution is -2.09. The summed E-state index contributed by atoms with van der Waals surface area (Å²) >= 11 is 1.57. The van der Waals surface area contributed by atoms with Gasteiger partial charge in [-0.15, -0.1) is 11.3 Å². The molecule has 0 radical (unpaired) electrons. The Hall–Kier alpha value is -3.31. The molecule has 1 atom stereocenters. The normalized spacial score (nSPS) is 16.2. The van der Waals surface area contributed by atoms with Crippen LogP contribution < -0.4 is 5.32 Å². The topological polar surface area (TPSA) is 24.9 Å². The number of hydrogen-bond donors (Lipinski definition) is 1. The van der Waals surface area contributed by atoms with Crippen LogP contribution in [-0.4, -0.2) is 11.4 Å². The summed E-state index contributed by atoms with van der Waals surface area (Å²) in [6.45, 7) is 16.4. The molecule has 1 heterocycles. The number of aryl methyl sites for hydroxylation is 2. The van der Waals surface area contributed by atoms with E-state index in [1.807, 2.05) is 17.5 Å². The number of alkyl halides is 2. The van der Waals surface area contributed by atoms with E-state index in [0.29, 0.717) is 6.42 Å². The van der Waals surface area contributed by atoms with E-state index in [4.69, 9.17) is 4.98 Å². The Balaban J connectivity index is 2.23. The molecule has 1 aliphatic rings. The van der Waals surface area contributed by atoms with Crippen molar-refractivity contribution < 1.29 is 8.78 Å². The average Bonchev–Trinajstić information content (AvgIpc) is 3.38. The quantitative estimate of drug-likeness (QED) is 0.300. The van der Waals surface area contributed by atoms with Gasteiger partial charge in [0, 0.05) is 22.6 Å². The molecule has 1 unspecified atom stereocenters. The number of nitrogens with one attached hydrogen (secondary N) is 1. The minimum Gasteiger partial charge on any atom is -0.362 e. The van der Waals surface area contributed by atoms with Crippen molar-refractivity contribution in [2.75, 3.05) is 0 Å². The van der Waals surface area contributed by atoms with E-state index in [2.05, 4.69) is 76.5 Å². The fourth-order valence-electron chi connectivity index (χ4n) is 4.38. The van der Waals surface area contributed by atoms with Crippen LogP contribution in [0.2, 0.25) is 0 Å². The van der Waals surface area contributed by atoms with Gasteiger partial charge in [0.05, 0.1) is 5.69 Å². The number of nitrogens with zero attached hydrogens (tertiary/aromatic N) is 1. The number of rotatable bonds is 11. The fourth-order valence-corrected chi connectivity index (χ4v) is 5.23. The molecule has 3 rings (SSSR count). The Bertz CT molecular complexity index is 1260. The Kier molecular flexibility index (Phi) is 10.2. The van der Waals surface area contributed by atoms with Gasteiger partial charge in [-0.25, -0.2) is 13.8 Å². The summed E-state index contributed by atoms with van der Waals surface area (Å²) in [5.41, 5.74) is 9.39. The minimum atomic E-state index is -2.35. The van der Waals surface area contributed by atoms with Crippen molar-refractivity contribution in [3.63, 3.8) is 0 Å². The maximum atomic E-state index is 13.1. The minimum absolute atomic E-state index is 0.320. The molecule has 0 saturated heterocycles. The molecule has 1 aromatic carbocycles. The summed E-state index contributed by atoms with van der Waals surface area (Å²) in [7, 11) is 0. The maximum Gasteiger partial charge on any atom is 0.245 e. The molecule has 2 nitrogen and oxygen atoms in total. The highest BCUT2D eigenvalue weighted by molar-refractivity contribution is 7.11. The molecule has 0 fully saturated rings. The highest BCUT2D eigenvalue weighted by Gasteiger charge is 2.21. The van der Waals surface area contributed by atoms with Gasteiger partial charge < -0.3 is 5.32 Å². The van der Waals surface area contributed by atoms with Gasteiger partial charge in [0.1, 0.15) is 5.01 Å². The van der Waals surface area contributed by atoms with E-state index in [9.17, 15) is 8.78 Å². The van der Waals surface area contributed by atoms with Crippen molar-refractivity contribution in [3.05, 3.63) is 124 Å². The Morgan fingerprint density at radius 1 is 1.16 bits per heavy atom. The number of benzene rings is 1. The first-order chi connectivity index (χ1) is 17.8. The highest BCUT2D eigenvalue weighted by atomic mass is 32.1. The van der Waals surface area contributed by atoms with Gasteiger partial charge in [-0.1, -0.05) is 75.1 Å². The third-order valence-corrected chi connectivity index (χ3v) is 7.15. The van der Waals surface area contributed by atoms with E-state index < -0.39 is 12.3 Å². The summed E-state index contributed by atoms with van der Waals surface area (Å²) in [6.07, 6.45) is 12.7. The molecule has 2 aromatic rings. The summed E-state index contributed by atoms with van der Waals surface area (Å²) in [4.78, 5) is 5.02. The van der Waals surface area contributed by atoms with E-state index in [1.165, 1.54) is 16.7 Å². The van der Waals surface area contributed by atoms with Gasteiger partial charge in [0.25, 0.3) is 0 Å². The van der Waals surface area contributed by atoms with Gasteiger partial charge >= 0.3 is 0 Å². The molecule has 0 saturated carbocycles. The van der Waals surface area contributed by atoms with Crippen molar-refractivity contribution in [2.24, 2.45) is 5.92 Å². The SMILES string of the molecule is C=CN/C(C=C(C)C)=C(C=C)\C=C(\c1nc(C2=CCC(C(F)F)C=C2)cs1)c1c(CC)cccc1CC. The standard InChI is InChI=1S/C32H36F2N2S/c1-7-22-12-11-13-23(8-2)30(22)27(19-24(9-3)28(35-10-4)18-21(5)6)32-36-29(20-37-32)25-14-16-26(17-15-25)31(33)34/h9-16,18-20,26,31,35H,3-4,7-8,17H2,1-2,5-6H3/b27-19+,28-24-. The number of halogens is 2. The lowest BCUT2D eigenvalue weighted by atomic mass is 9.90. The lowest BCUT2D eigenvalue weighted by molar-refractivity contribution is 0.101. The second kappa shape index (κ2) is 13.3. The Morgan fingerprint density at radius 2 is 1.86 bits per heavy atom. The Morgan fingerprint density at radius 3 is 2.38 bits per heavy atom. The van der Waals surface area contributed by atoms with Crippen LogP contribution >= 0.6 is 11.3 Å². The number of allylic oxidation sites excluding steroid dienone is 9. The highest BCUT2D eigenvalue weighted by Crippen LogP contribution is 2.36. The predicted molar refractivity (Wildman–Crippen MR) is 156 cm³/mol. The van der Waals surface area contributed by atoms with Crippen molar-refractivity contribution in [3.8, 4) is 0 Å². The van der Waals surface area contributed by atoms with Crippen LogP contribution in [0.5, 0.6) is 0 Å². The molecule has 5 heteroatoms. The van der Waals surface area contributed by atoms with Crippen LogP contribution in [-0.2, 0) is 12.8 Å². The first-order valence-electron chi connectivity index (χ1n) is 12.7. The van der Waals surface area contributed by atoms with E-state index in [0.717, 1.165) is 51.5 Å². The molecule has 1 aromatic heterocycles. The zero-order chi connectivity index (χ0) is 26.9. The molecule has 0 spiro atoms. The van der Waals surface area contributed by atoms with Gasteiger partial charge in [-0.2, -0.15) is 0 Å². The smallest absolute Gasteiger partial charge is 0.245 e. The van der Waals surface area contributed by atoms with Crippen molar-refractivity contribution in [2.45, 2.75) is 53.4 Å². The zero-order valence-corrected chi connectivity index (χ0v) is 23.0. The zero-order valence-electron chi connectivity index (χ0n) is 22.2. The summed E-state index contributed by atoms with van der Waals surface area (Å²) in [5, 5.41) is 6.15. The molecule has 1 aliphatic carbocycles. The molecule has 37 heavy (non-hydrogen) atoms. The van der Waals surface area contributed by atoms with E-state index in [-0.39, 0.29) is 0 Å². The molecular weight excluding hydrogens is 482 g/mol. The largest absolute Gasteiger partial charge is 0.362 e. The number of thiazole rings is 1. The number of hydrogen-bond acceptors (Lipinski definition) is 3. The second-order valence-electron chi connectivity index (χ2n) is 9.15. The number of aromatic nitrogens is 1. The van der Waals surface area contributed by atoms with Gasteiger partial charge in [-0.3, -0.25) is 0 Å². The summed E-state index contributed by atoms with van der Waals surface area (Å²) < 4.78 is 26.2. The third-order valence-electron chi connectivity index (χ3n) is 6.28. The van der Waals surface area contributed by atoms with Crippen molar-refractivity contribution in [1.82, 2.24) is 10.3 Å². The fraction of sp³-hybridized carbons (Fsp3) is 0.281. The third kappa shape index (κ3) is 6.92. The van der Waals surface area contributed by atoms with E-state index in [1.54, 1.807) is 29.7 Å². The molecule has 1 N–H and O–H groups in total. The lowest BCUT2D eigenvalue weighted by Gasteiger charge is -2.17. The second-order valence-corrected chi connectivity index (χ2v) is 10.0. The van der Waals surface area contributed by atoms with Crippen LogP contribution in [0.25, 0.3) is 11.1 Å². The van der Waals surface area contributed by atoms with Crippen molar-refractivity contribution in [1.29, 1.82) is 0 Å². The van der Waals surface area contributed by atoms with Gasteiger partial charge in [-0.05, 0) is 79.3 Å². The first-order valence-corrected chi connectivity index (χ1v) is 13.5. The molecule has 0 amide bonds. The van der Waals surface area contributed by atoms with Gasteiger partial charge in [0.15, 0.2) is 0 Å². The van der Waals surface area contributed by atoms with Crippen LogP contribution in [0.1, 0.15) is 61.5 Å². The molecule has 194 valence electrons. The van der Waals surface area contributed by atoms with Crippen LogP contribution in [0.3, 0.4) is 0 Å². The first kappa shape index (κ1) is 28.3. The molecule has 0 aliphatic heterocycles. The predicted octanol–water partition coefficient (Wildman–Crippen LogP) is 9.06. The van der Waals surface area contributed by atoms with E-state index >= 15 is 0 Å². The van der Waals surface area contributed by atoms with Crippen LogP contribution in [0.15, 0.2) is 96.2 Å². The van der Waals surface area contributed by atoms with Crippen molar-refractivity contribution >= 4 is 22.5 Å². The summed E-state index contributed by atoms with van der Waals surface area (Å²) in [5.74, 6) is -0.730. The molecule has 0 bridgehead atoms. The van der Waals surface area contributed by atoms with Crippen LogP contribution in [0, 0.1) is 5.92 Å². The molecular formula is C32H36F2N2S. The van der Waals surface area contributed by atoms with Crippen LogP contribution in [0.4, 0.5) is 8.78 Å². The summed E-state index contributed by atoms with van der Waals surface area (Å²) in [6, 6.07) is 6.45. The monoisotopic (exact) mass is 518 g/mol. The van der Waals surface area contributed by atoms with Gasteiger partial charge in [0.2, 0.25) is 6.43 Å².